The lowest BCUT2D eigenvalue weighted by Gasteiger charge is -2.25. The molecule has 3 nitrogen and oxygen atoms in total. The summed E-state index contributed by atoms with van der Waals surface area (Å²) in [6, 6.07) is 12.3. The molecule has 3 heterocycles. The van der Waals surface area contributed by atoms with Gasteiger partial charge in [-0.1, -0.05) is 12.1 Å². The van der Waals surface area contributed by atoms with Gasteiger partial charge in [0.1, 0.15) is 5.65 Å². The number of rotatable bonds is 3. The highest BCUT2D eigenvalue weighted by Gasteiger charge is 2.80. The van der Waals surface area contributed by atoms with E-state index in [9.17, 15) is 8.78 Å². The fraction of sp³-hybridized carbons (Fsp3) is 0.231. The smallest absolute Gasteiger partial charge is 0.332 e. The van der Waals surface area contributed by atoms with Crippen LogP contribution in [0.4, 0.5) is 26.3 Å². The summed E-state index contributed by atoms with van der Waals surface area (Å²) in [5.41, 5.74) is -2.26. The molecule has 184 valence electrons. The second kappa shape index (κ2) is 7.71. The van der Waals surface area contributed by atoms with Crippen LogP contribution in [0.5, 0.6) is 0 Å². The molecule has 0 bridgehead atoms. The molecule has 0 unspecified atom stereocenters. The number of nitrogens with zero attached hydrogens (tertiary/aromatic N) is 3. The third-order valence-corrected chi connectivity index (χ3v) is 7.74. The largest absolute Gasteiger partial charge is 0.380 e. The van der Waals surface area contributed by atoms with Crippen molar-refractivity contribution in [3.63, 3.8) is 0 Å². The average molecular weight is 517 g/mol. The van der Waals surface area contributed by atoms with E-state index in [1.165, 1.54) is 62.0 Å². The summed E-state index contributed by atoms with van der Waals surface area (Å²) in [4.78, 5) is 4.73. The molecule has 10 heteroatoms. The number of thiophene rings is 1. The molecule has 3 aromatic heterocycles. The van der Waals surface area contributed by atoms with Crippen LogP contribution in [0.1, 0.15) is 27.3 Å². The first-order chi connectivity index (χ1) is 16.8. The molecule has 0 spiro atoms. The van der Waals surface area contributed by atoms with Gasteiger partial charge in [0, 0.05) is 50.8 Å². The van der Waals surface area contributed by atoms with E-state index < -0.39 is 28.9 Å². The summed E-state index contributed by atoms with van der Waals surface area (Å²) in [5, 5.41) is 9.08. The van der Waals surface area contributed by atoms with E-state index >= 15 is 17.6 Å². The highest BCUT2D eigenvalue weighted by atomic mass is 32.1. The SMILES string of the molecule is Cc1sc(-c2ccc(C#N)cc2)cc1C1=C(c2c(C)n(C)c3ncccc23)C(F)(F)C(F)(F)C1(F)F. The molecule has 1 aliphatic rings. The van der Waals surface area contributed by atoms with Crippen molar-refractivity contribution in [1.29, 1.82) is 5.26 Å². The van der Waals surface area contributed by atoms with Crippen LogP contribution in [0.15, 0.2) is 48.7 Å². The lowest BCUT2D eigenvalue weighted by molar-refractivity contribution is -0.254. The Morgan fingerprint density at radius 1 is 0.944 bits per heavy atom. The van der Waals surface area contributed by atoms with Gasteiger partial charge in [-0.3, -0.25) is 0 Å². The fourth-order valence-electron chi connectivity index (χ4n) is 4.69. The topological polar surface area (TPSA) is 41.6 Å². The zero-order valence-electron chi connectivity index (χ0n) is 19.1. The monoisotopic (exact) mass is 517 g/mol. The van der Waals surface area contributed by atoms with Gasteiger partial charge in [-0.25, -0.2) is 4.98 Å². The van der Waals surface area contributed by atoms with Crippen LogP contribution < -0.4 is 0 Å². The first-order valence-corrected chi connectivity index (χ1v) is 11.6. The molecule has 1 aliphatic carbocycles. The number of alkyl halides is 6. The molecule has 5 rings (SSSR count). The minimum absolute atomic E-state index is 0.0818. The van der Waals surface area contributed by atoms with E-state index in [2.05, 4.69) is 4.98 Å². The van der Waals surface area contributed by atoms with E-state index in [0.717, 1.165) is 11.3 Å². The van der Waals surface area contributed by atoms with Crippen LogP contribution in [0.25, 0.3) is 32.6 Å². The molecule has 36 heavy (non-hydrogen) atoms. The highest BCUT2D eigenvalue weighted by molar-refractivity contribution is 7.15. The van der Waals surface area contributed by atoms with Gasteiger partial charge in [0.2, 0.25) is 0 Å². The Labute approximate surface area is 205 Å². The van der Waals surface area contributed by atoms with E-state index in [1.54, 1.807) is 12.1 Å². The van der Waals surface area contributed by atoms with Gasteiger partial charge in [-0.05, 0) is 55.3 Å². The van der Waals surface area contributed by atoms with Gasteiger partial charge in [0.15, 0.2) is 0 Å². The summed E-state index contributed by atoms with van der Waals surface area (Å²) < 4.78 is 92.8. The number of fused-ring (bicyclic) bond motifs is 1. The van der Waals surface area contributed by atoms with Crippen molar-refractivity contribution in [2.75, 3.05) is 0 Å². The van der Waals surface area contributed by atoms with Gasteiger partial charge in [0.25, 0.3) is 0 Å². The quantitative estimate of drug-likeness (QED) is 0.262. The molecule has 0 saturated heterocycles. The van der Waals surface area contributed by atoms with Gasteiger partial charge < -0.3 is 4.57 Å². The molecule has 0 fully saturated rings. The zero-order valence-corrected chi connectivity index (χ0v) is 20.0. The Kier molecular flexibility index (Phi) is 5.17. The van der Waals surface area contributed by atoms with Crippen molar-refractivity contribution in [3.8, 4) is 16.5 Å². The maximum absolute atomic E-state index is 15.4. The molecule has 0 aliphatic heterocycles. The Morgan fingerprint density at radius 3 is 2.22 bits per heavy atom. The normalized spacial score (nSPS) is 18.1. The maximum atomic E-state index is 15.4. The molecule has 1 aromatic carbocycles. The third kappa shape index (κ3) is 3.02. The minimum atomic E-state index is -5.65. The minimum Gasteiger partial charge on any atom is -0.332 e. The molecular formula is C26H17F6N3S. The second-order valence-corrected chi connectivity index (χ2v) is 9.89. The van der Waals surface area contributed by atoms with Gasteiger partial charge in [0.05, 0.1) is 11.6 Å². The number of pyridine rings is 1. The molecule has 0 amide bonds. The lowest BCUT2D eigenvalue weighted by Crippen LogP contribution is -2.48. The van der Waals surface area contributed by atoms with Crippen LogP contribution in [0, 0.1) is 25.2 Å². The number of nitriles is 1. The molecule has 0 atom stereocenters. The number of hydrogen-bond donors (Lipinski definition) is 0. The molecule has 0 saturated carbocycles. The van der Waals surface area contributed by atoms with Crippen LogP contribution in [-0.2, 0) is 7.05 Å². The number of halogens is 6. The van der Waals surface area contributed by atoms with Gasteiger partial charge >= 0.3 is 17.8 Å². The van der Waals surface area contributed by atoms with Crippen molar-refractivity contribution in [2.45, 2.75) is 31.6 Å². The van der Waals surface area contributed by atoms with Gasteiger partial charge in [-0.15, -0.1) is 11.3 Å². The molecule has 0 N–H and O–H groups in total. The standard InChI is InChI=1S/C26H17F6N3S/c1-13-20(17-5-4-10-34-23(17)35(13)3)22-21(24(27,28)26(31,32)25(22,29)30)18-11-19(36-14(18)2)16-8-6-15(12-33)7-9-16/h4-11H,1-3H3. The van der Waals surface area contributed by atoms with Crippen molar-refractivity contribution in [2.24, 2.45) is 7.05 Å². The van der Waals surface area contributed by atoms with Crippen LogP contribution in [0.2, 0.25) is 0 Å². The van der Waals surface area contributed by atoms with Crippen molar-refractivity contribution >= 4 is 33.5 Å². The number of aryl methyl sites for hydroxylation is 2. The number of benzene rings is 1. The summed E-state index contributed by atoms with van der Waals surface area (Å²) in [5.74, 6) is -15.9. The van der Waals surface area contributed by atoms with Crippen LogP contribution >= 0.6 is 11.3 Å². The Morgan fingerprint density at radius 2 is 1.58 bits per heavy atom. The van der Waals surface area contributed by atoms with Crippen LogP contribution in [0.3, 0.4) is 0 Å². The second-order valence-electron chi connectivity index (χ2n) is 8.64. The Balaban J connectivity index is 1.85. The lowest BCUT2D eigenvalue weighted by atomic mass is 9.93. The summed E-state index contributed by atoms with van der Waals surface area (Å²) >= 11 is 1.02. The first-order valence-electron chi connectivity index (χ1n) is 10.7. The highest BCUT2D eigenvalue weighted by Crippen LogP contribution is 2.66. The Bertz CT molecular complexity index is 1600. The van der Waals surface area contributed by atoms with Crippen molar-refractivity contribution in [1.82, 2.24) is 9.55 Å². The first kappa shape index (κ1) is 24.1. The predicted octanol–water partition coefficient (Wildman–Crippen LogP) is 7.62. The number of aromatic nitrogens is 2. The van der Waals surface area contributed by atoms with E-state index in [-0.39, 0.29) is 32.7 Å². The van der Waals surface area contributed by atoms with E-state index in [4.69, 9.17) is 5.26 Å². The predicted molar refractivity (Wildman–Crippen MR) is 126 cm³/mol. The van der Waals surface area contributed by atoms with E-state index in [0.29, 0.717) is 16.0 Å². The van der Waals surface area contributed by atoms with E-state index in [1.807, 2.05) is 6.07 Å². The summed E-state index contributed by atoms with van der Waals surface area (Å²) in [7, 11) is 1.51. The average Bonchev–Trinajstić information content (AvgIpc) is 3.37. The zero-order chi connectivity index (χ0) is 26.2. The molecule has 0 radical (unpaired) electrons. The Hall–Kier alpha value is -3.58. The molecular weight excluding hydrogens is 500 g/mol. The summed E-state index contributed by atoms with van der Waals surface area (Å²) in [6.07, 6.45) is 1.41. The maximum Gasteiger partial charge on any atom is 0.380 e. The number of hydrogen-bond acceptors (Lipinski definition) is 3. The van der Waals surface area contributed by atoms with Gasteiger partial charge in [-0.2, -0.15) is 31.6 Å². The van der Waals surface area contributed by atoms with Crippen molar-refractivity contribution < 1.29 is 26.3 Å². The summed E-state index contributed by atoms with van der Waals surface area (Å²) in [6.45, 7) is 2.84. The number of allylic oxidation sites excluding steroid dienone is 2. The van der Waals surface area contributed by atoms with Crippen molar-refractivity contribution in [3.05, 3.63) is 75.9 Å². The van der Waals surface area contributed by atoms with Crippen LogP contribution in [-0.4, -0.2) is 27.3 Å². The molecule has 4 aromatic rings. The third-order valence-electron chi connectivity index (χ3n) is 6.64. The fourth-order valence-corrected chi connectivity index (χ4v) is 5.72.